The van der Waals surface area contributed by atoms with Crippen molar-refractivity contribution in [3.63, 3.8) is 0 Å². The minimum Gasteiger partial charge on any atom is -0.375 e. The maximum atomic E-state index is 6.52. The summed E-state index contributed by atoms with van der Waals surface area (Å²) in [6, 6.07) is 0.564. The van der Waals surface area contributed by atoms with Gasteiger partial charge in [-0.3, -0.25) is 0 Å². The van der Waals surface area contributed by atoms with Crippen molar-refractivity contribution in [1.29, 1.82) is 0 Å². The average Bonchev–Trinajstić information content (AvgIpc) is 2.49. The molecule has 0 amide bonds. The third-order valence-corrected chi connectivity index (χ3v) is 5.65. The quantitative estimate of drug-likeness (QED) is 0.860. The van der Waals surface area contributed by atoms with Crippen LogP contribution in [0, 0.1) is 0 Å². The molecule has 3 aliphatic rings. The Hall–Kier alpha value is -0.120. The van der Waals surface area contributed by atoms with E-state index in [0.717, 1.165) is 19.4 Å². The summed E-state index contributed by atoms with van der Waals surface area (Å²) in [6.07, 6.45) is 14.9. The molecule has 116 valence electrons. The lowest BCUT2D eigenvalue weighted by molar-refractivity contribution is -0.166. The van der Waals surface area contributed by atoms with Crippen LogP contribution < -0.4 is 5.32 Å². The summed E-state index contributed by atoms with van der Waals surface area (Å²) in [5.74, 6) is 0. The maximum Gasteiger partial charge on any atom is 0.0731 e. The summed E-state index contributed by atoms with van der Waals surface area (Å²) >= 11 is 0. The number of likely N-dealkylation sites (N-methyl/N-ethyl adjacent to an activating group) is 1. The van der Waals surface area contributed by atoms with Crippen molar-refractivity contribution in [2.24, 2.45) is 0 Å². The normalized spacial score (nSPS) is 38.0. The van der Waals surface area contributed by atoms with Crippen LogP contribution in [0.5, 0.6) is 0 Å². The lowest BCUT2D eigenvalue weighted by Gasteiger charge is -2.45. The van der Waals surface area contributed by atoms with E-state index in [1.807, 2.05) is 0 Å². The number of hydrogen-bond acceptors (Lipinski definition) is 3. The zero-order valence-corrected chi connectivity index (χ0v) is 13.0. The van der Waals surface area contributed by atoms with Crippen molar-refractivity contribution in [1.82, 2.24) is 5.32 Å². The largest absolute Gasteiger partial charge is 0.375 e. The lowest BCUT2D eigenvalue weighted by Crippen LogP contribution is -2.48. The van der Waals surface area contributed by atoms with Crippen LogP contribution in [0.15, 0.2) is 0 Å². The van der Waals surface area contributed by atoms with E-state index in [9.17, 15) is 0 Å². The van der Waals surface area contributed by atoms with Crippen LogP contribution in [-0.2, 0) is 9.47 Å². The highest BCUT2D eigenvalue weighted by Gasteiger charge is 2.40. The van der Waals surface area contributed by atoms with Crippen molar-refractivity contribution in [3.05, 3.63) is 0 Å². The summed E-state index contributed by atoms with van der Waals surface area (Å²) in [7, 11) is 2.08. The Morgan fingerprint density at radius 1 is 1.00 bits per heavy atom. The highest BCUT2D eigenvalue weighted by molar-refractivity contribution is 4.91. The van der Waals surface area contributed by atoms with Gasteiger partial charge in [-0.1, -0.05) is 32.1 Å². The summed E-state index contributed by atoms with van der Waals surface area (Å²) in [4.78, 5) is 0. The van der Waals surface area contributed by atoms with Crippen molar-refractivity contribution >= 4 is 0 Å². The second kappa shape index (κ2) is 6.76. The molecule has 2 saturated carbocycles. The summed E-state index contributed by atoms with van der Waals surface area (Å²) in [6.45, 7) is 0.904. The Labute approximate surface area is 123 Å². The molecule has 20 heavy (non-hydrogen) atoms. The minimum absolute atomic E-state index is 0.172. The van der Waals surface area contributed by atoms with Gasteiger partial charge in [-0.2, -0.15) is 0 Å². The van der Waals surface area contributed by atoms with Gasteiger partial charge in [0.1, 0.15) is 0 Å². The van der Waals surface area contributed by atoms with Gasteiger partial charge in [0.25, 0.3) is 0 Å². The van der Waals surface area contributed by atoms with Gasteiger partial charge >= 0.3 is 0 Å². The van der Waals surface area contributed by atoms with Gasteiger partial charge in [-0.05, 0) is 39.2 Å². The molecule has 3 rings (SSSR count). The van der Waals surface area contributed by atoms with Gasteiger partial charge in [0.2, 0.25) is 0 Å². The van der Waals surface area contributed by atoms with E-state index < -0.39 is 0 Å². The predicted octanol–water partition coefficient (Wildman–Crippen LogP) is 3.42. The van der Waals surface area contributed by atoms with Crippen LogP contribution in [0.1, 0.15) is 70.6 Å². The molecule has 3 unspecified atom stereocenters. The molecule has 3 heteroatoms. The Kier molecular flexibility index (Phi) is 5.00. The fourth-order valence-electron chi connectivity index (χ4n) is 4.48. The number of ether oxygens (including phenoxy) is 2. The molecule has 2 aliphatic carbocycles. The van der Waals surface area contributed by atoms with E-state index in [1.54, 1.807) is 0 Å². The lowest BCUT2D eigenvalue weighted by atomic mass is 9.79. The molecule has 0 aromatic heterocycles. The topological polar surface area (TPSA) is 30.5 Å². The second-order valence-electron chi connectivity index (χ2n) is 7.06. The molecule has 1 aliphatic heterocycles. The summed E-state index contributed by atoms with van der Waals surface area (Å²) in [5, 5.41) is 3.46. The van der Waals surface area contributed by atoms with Crippen LogP contribution in [-0.4, -0.2) is 37.5 Å². The molecular weight excluding hydrogens is 250 g/mol. The first-order chi connectivity index (χ1) is 9.81. The van der Waals surface area contributed by atoms with E-state index in [-0.39, 0.29) is 5.60 Å². The number of nitrogens with one attached hydrogen (secondary N) is 1. The van der Waals surface area contributed by atoms with Crippen LogP contribution in [0.25, 0.3) is 0 Å². The molecule has 3 atom stereocenters. The predicted molar refractivity (Wildman–Crippen MR) is 81.0 cm³/mol. The van der Waals surface area contributed by atoms with Crippen molar-refractivity contribution in [2.75, 3.05) is 13.7 Å². The van der Waals surface area contributed by atoms with Crippen molar-refractivity contribution < 1.29 is 9.47 Å². The number of hydrogen-bond donors (Lipinski definition) is 1. The molecular formula is C17H31NO2. The standard InChI is InChI=1S/C17H31NO2/c1-18-15-7-3-4-8-16(15)20-14-9-12-19-17(13-14)10-5-2-6-11-17/h14-16,18H,2-13H2,1H3. The highest BCUT2D eigenvalue weighted by atomic mass is 16.5. The van der Waals surface area contributed by atoms with Crippen LogP contribution in [0.2, 0.25) is 0 Å². The first-order valence-electron chi connectivity index (χ1n) is 8.78. The molecule has 0 aromatic rings. The summed E-state index contributed by atoms with van der Waals surface area (Å²) in [5.41, 5.74) is 0.172. The molecule has 3 nitrogen and oxygen atoms in total. The fourth-order valence-corrected chi connectivity index (χ4v) is 4.48. The van der Waals surface area contributed by atoms with Gasteiger partial charge in [0, 0.05) is 19.1 Å². The van der Waals surface area contributed by atoms with Crippen LogP contribution >= 0.6 is 0 Å². The average molecular weight is 281 g/mol. The zero-order chi connectivity index (χ0) is 13.8. The molecule has 1 N–H and O–H groups in total. The third kappa shape index (κ3) is 3.37. The molecule has 1 spiro atoms. The maximum absolute atomic E-state index is 6.52. The monoisotopic (exact) mass is 281 g/mol. The van der Waals surface area contributed by atoms with Gasteiger partial charge in [0.15, 0.2) is 0 Å². The Morgan fingerprint density at radius 3 is 2.60 bits per heavy atom. The fraction of sp³-hybridized carbons (Fsp3) is 1.00. The van der Waals surface area contributed by atoms with E-state index in [0.29, 0.717) is 18.2 Å². The van der Waals surface area contributed by atoms with Crippen molar-refractivity contribution in [2.45, 2.75) is 94.5 Å². The second-order valence-corrected chi connectivity index (χ2v) is 7.06. The van der Waals surface area contributed by atoms with E-state index in [4.69, 9.17) is 9.47 Å². The molecule has 3 fully saturated rings. The van der Waals surface area contributed by atoms with E-state index in [1.165, 1.54) is 57.8 Å². The molecule has 1 heterocycles. The highest BCUT2D eigenvalue weighted by Crippen LogP contribution is 2.40. The SMILES string of the molecule is CNC1CCCCC1OC1CCOC2(CCCCC2)C1. The van der Waals surface area contributed by atoms with Crippen molar-refractivity contribution in [3.8, 4) is 0 Å². The van der Waals surface area contributed by atoms with Crippen LogP contribution in [0.3, 0.4) is 0 Å². The Bertz CT molecular complexity index is 296. The number of rotatable bonds is 3. The Morgan fingerprint density at radius 2 is 1.80 bits per heavy atom. The van der Waals surface area contributed by atoms with E-state index in [2.05, 4.69) is 12.4 Å². The minimum atomic E-state index is 0.172. The summed E-state index contributed by atoms with van der Waals surface area (Å²) < 4.78 is 12.7. The third-order valence-electron chi connectivity index (χ3n) is 5.65. The molecule has 0 bridgehead atoms. The van der Waals surface area contributed by atoms with Gasteiger partial charge in [-0.25, -0.2) is 0 Å². The molecule has 1 saturated heterocycles. The smallest absolute Gasteiger partial charge is 0.0731 e. The first kappa shape index (κ1) is 14.8. The molecule has 0 aromatic carbocycles. The molecule has 0 radical (unpaired) electrons. The van der Waals surface area contributed by atoms with Gasteiger partial charge < -0.3 is 14.8 Å². The zero-order valence-electron chi connectivity index (χ0n) is 13.0. The van der Waals surface area contributed by atoms with Gasteiger partial charge in [-0.15, -0.1) is 0 Å². The first-order valence-corrected chi connectivity index (χ1v) is 8.78. The van der Waals surface area contributed by atoms with Gasteiger partial charge in [0.05, 0.1) is 17.8 Å². The van der Waals surface area contributed by atoms with E-state index >= 15 is 0 Å². The Balaban J connectivity index is 1.56. The van der Waals surface area contributed by atoms with Crippen LogP contribution in [0.4, 0.5) is 0 Å².